The summed E-state index contributed by atoms with van der Waals surface area (Å²) in [6, 6.07) is -0.576. The van der Waals surface area contributed by atoms with E-state index in [0.29, 0.717) is 6.42 Å². The maximum Gasteiger partial charge on any atom is 0.171 e. The van der Waals surface area contributed by atoms with Crippen LogP contribution in [0.2, 0.25) is 0 Å². The zero-order valence-corrected chi connectivity index (χ0v) is 5.21. The van der Waals surface area contributed by atoms with Crippen molar-refractivity contribution in [3.8, 4) is 0 Å². The zero-order chi connectivity index (χ0) is 7.28. The highest BCUT2D eigenvalue weighted by atomic mass is 16.3. The molecule has 0 bridgehead atoms. The first-order chi connectivity index (χ1) is 4.22. The molecule has 3 nitrogen and oxygen atoms in total. The Bertz CT molecular complexity index is 112. The summed E-state index contributed by atoms with van der Waals surface area (Å²) in [6.45, 7) is 3.20. The number of carbonyl (C=O) groups excluding carboxylic acids is 1. The smallest absolute Gasteiger partial charge is 0.171 e. The largest absolute Gasteiger partial charge is 0.396 e. The summed E-state index contributed by atoms with van der Waals surface area (Å²) in [4.78, 5) is 10.5. The molecule has 0 aromatic heterocycles. The van der Waals surface area contributed by atoms with Gasteiger partial charge in [-0.1, -0.05) is 6.58 Å². The van der Waals surface area contributed by atoms with Crippen LogP contribution in [0.25, 0.3) is 0 Å². The van der Waals surface area contributed by atoms with Crippen LogP contribution in [0.3, 0.4) is 0 Å². The number of hydrogen-bond acceptors (Lipinski definition) is 3. The monoisotopic (exact) mass is 129 g/mol. The molecular formula is C6H11NO2. The van der Waals surface area contributed by atoms with Crippen molar-refractivity contribution in [2.75, 3.05) is 6.61 Å². The van der Waals surface area contributed by atoms with Crippen LogP contribution in [-0.2, 0) is 4.79 Å². The number of nitrogens with two attached hydrogens (primary N) is 1. The van der Waals surface area contributed by atoms with Crippen LogP contribution in [0, 0.1) is 0 Å². The lowest BCUT2D eigenvalue weighted by Gasteiger charge is -2.02. The van der Waals surface area contributed by atoms with E-state index in [9.17, 15) is 4.79 Å². The van der Waals surface area contributed by atoms with Crippen molar-refractivity contribution < 1.29 is 9.90 Å². The second-order valence-corrected chi connectivity index (χ2v) is 1.73. The van der Waals surface area contributed by atoms with Gasteiger partial charge in [0.2, 0.25) is 0 Å². The van der Waals surface area contributed by atoms with Gasteiger partial charge in [0, 0.05) is 6.61 Å². The highest BCUT2D eigenvalue weighted by Gasteiger charge is 2.06. The standard InChI is InChI=1S/C6H11NO2/c1-2-6(9)5(7)3-4-8/h2,5,8H,1,3-4,7H2. The second kappa shape index (κ2) is 4.23. The molecule has 0 saturated carbocycles. The molecule has 0 spiro atoms. The lowest BCUT2D eigenvalue weighted by Crippen LogP contribution is -2.29. The van der Waals surface area contributed by atoms with Crippen LogP contribution in [0.4, 0.5) is 0 Å². The van der Waals surface area contributed by atoms with Gasteiger partial charge in [-0.15, -0.1) is 0 Å². The van der Waals surface area contributed by atoms with E-state index < -0.39 is 6.04 Å². The molecule has 0 radical (unpaired) electrons. The molecule has 9 heavy (non-hydrogen) atoms. The molecule has 0 aliphatic rings. The molecule has 0 heterocycles. The van der Waals surface area contributed by atoms with Gasteiger partial charge >= 0.3 is 0 Å². The zero-order valence-electron chi connectivity index (χ0n) is 5.21. The summed E-state index contributed by atoms with van der Waals surface area (Å²) in [5, 5.41) is 8.31. The topological polar surface area (TPSA) is 63.3 Å². The van der Waals surface area contributed by atoms with E-state index in [0.717, 1.165) is 0 Å². The van der Waals surface area contributed by atoms with Crippen LogP contribution in [0.5, 0.6) is 0 Å². The Kier molecular flexibility index (Phi) is 3.92. The SMILES string of the molecule is C=CC(=O)C(N)CCO. The van der Waals surface area contributed by atoms with Gasteiger partial charge in [0.15, 0.2) is 5.78 Å². The summed E-state index contributed by atoms with van der Waals surface area (Å²) < 4.78 is 0. The number of ketones is 1. The minimum atomic E-state index is -0.576. The number of rotatable bonds is 4. The fourth-order valence-electron chi connectivity index (χ4n) is 0.433. The number of aliphatic hydroxyl groups excluding tert-OH is 1. The van der Waals surface area contributed by atoms with Crippen molar-refractivity contribution in [1.29, 1.82) is 0 Å². The van der Waals surface area contributed by atoms with Gasteiger partial charge in [0.05, 0.1) is 6.04 Å². The van der Waals surface area contributed by atoms with Crippen molar-refractivity contribution in [3.05, 3.63) is 12.7 Å². The maximum atomic E-state index is 10.5. The van der Waals surface area contributed by atoms with Crippen LogP contribution < -0.4 is 5.73 Å². The van der Waals surface area contributed by atoms with E-state index in [1.165, 1.54) is 6.08 Å². The Morgan fingerprint density at radius 2 is 2.44 bits per heavy atom. The normalized spacial score (nSPS) is 12.7. The molecule has 52 valence electrons. The van der Waals surface area contributed by atoms with Crippen molar-refractivity contribution in [2.24, 2.45) is 5.73 Å². The number of carbonyl (C=O) groups is 1. The Morgan fingerprint density at radius 3 is 2.78 bits per heavy atom. The highest BCUT2D eigenvalue weighted by molar-refractivity contribution is 5.93. The summed E-state index contributed by atoms with van der Waals surface area (Å²) in [7, 11) is 0. The summed E-state index contributed by atoms with van der Waals surface area (Å²) in [6.07, 6.45) is 1.48. The van der Waals surface area contributed by atoms with Crippen molar-refractivity contribution >= 4 is 5.78 Å². The Hall–Kier alpha value is -0.670. The molecule has 0 aromatic rings. The Morgan fingerprint density at radius 1 is 1.89 bits per heavy atom. The van der Waals surface area contributed by atoms with Gasteiger partial charge in [-0.05, 0) is 12.5 Å². The van der Waals surface area contributed by atoms with E-state index in [-0.39, 0.29) is 12.4 Å². The molecule has 0 aliphatic heterocycles. The molecule has 1 unspecified atom stereocenters. The minimum absolute atomic E-state index is 0.0548. The van der Waals surface area contributed by atoms with Gasteiger partial charge in [-0.3, -0.25) is 4.79 Å². The van der Waals surface area contributed by atoms with E-state index in [2.05, 4.69) is 6.58 Å². The lowest BCUT2D eigenvalue weighted by atomic mass is 10.1. The minimum Gasteiger partial charge on any atom is -0.396 e. The van der Waals surface area contributed by atoms with Crippen LogP contribution in [-0.4, -0.2) is 23.5 Å². The molecular weight excluding hydrogens is 118 g/mol. The predicted molar refractivity (Wildman–Crippen MR) is 34.9 cm³/mol. The molecule has 0 aromatic carbocycles. The molecule has 0 saturated heterocycles. The average Bonchev–Trinajstić information content (AvgIpc) is 1.87. The molecule has 1 atom stereocenters. The Balaban J connectivity index is 3.58. The third-order valence-corrected chi connectivity index (χ3v) is 1.01. The van der Waals surface area contributed by atoms with Gasteiger partial charge in [0.25, 0.3) is 0 Å². The highest BCUT2D eigenvalue weighted by Crippen LogP contribution is 1.88. The first kappa shape index (κ1) is 8.33. The van der Waals surface area contributed by atoms with Crippen molar-refractivity contribution in [1.82, 2.24) is 0 Å². The van der Waals surface area contributed by atoms with Crippen LogP contribution >= 0.6 is 0 Å². The summed E-state index contributed by atoms with van der Waals surface area (Å²) >= 11 is 0. The van der Waals surface area contributed by atoms with Crippen molar-refractivity contribution in [3.63, 3.8) is 0 Å². The fraction of sp³-hybridized carbons (Fsp3) is 0.500. The third kappa shape index (κ3) is 3.00. The van der Waals surface area contributed by atoms with Gasteiger partial charge in [-0.25, -0.2) is 0 Å². The quantitative estimate of drug-likeness (QED) is 0.501. The average molecular weight is 129 g/mol. The number of hydrogen-bond donors (Lipinski definition) is 2. The van der Waals surface area contributed by atoms with E-state index in [1.54, 1.807) is 0 Å². The van der Waals surface area contributed by atoms with Gasteiger partial charge in [-0.2, -0.15) is 0 Å². The van der Waals surface area contributed by atoms with E-state index in [1.807, 2.05) is 0 Å². The lowest BCUT2D eigenvalue weighted by molar-refractivity contribution is -0.116. The first-order valence-electron chi connectivity index (χ1n) is 2.75. The van der Waals surface area contributed by atoms with E-state index >= 15 is 0 Å². The second-order valence-electron chi connectivity index (χ2n) is 1.73. The molecule has 3 N–H and O–H groups in total. The first-order valence-corrected chi connectivity index (χ1v) is 2.75. The molecule has 0 fully saturated rings. The molecule has 0 aliphatic carbocycles. The Labute approximate surface area is 54.2 Å². The predicted octanol–water partition coefficient (Wildman–Crippen LogP) is -0.549. The number of aliphatic hydroxyl groups is 1. The summed E-state index contributed by atoms with van der Waals surface area (Å²) in [5.41, 5.74) is 5.26. The van der Waals surface area contributed by atoms with E-state index in [4.69, 9.17) is 10.8 Å². The molecule has 0 rings (SSSR count). The fourth-order valence-corrected chi connectivity index (χ4v) is 0.433. The summed E-state index contributed by atoms with van der Waals surface area (Å²) in [5.74, 6) is -0.218. The van der Waals surface area contributed by atoms with Gasteiger partial charge in [0.1, 0.15) is 0 Å². The molecule has 3 heteroatoms. The van der Waals surface area contributed by atoms with Crippen molar-refractivity contribution in [2.45, 2.75) is 12.5 Å². The van der Waals surface area contributed by atoms with Crippen LogP contribution in [0.1, 0.15) is 6.42 Å². The maximum absolute atomic E-state index is 10.5. The molecule has 0 amide bonds. The van der Waals surface area contributed by atoms with Crippen LogP contribution in [0.15, 0.2) is 12.7 Å². The third-order valence-electron chi connectivity index (χ3n) is 1.01. The van der Waals surface area contributed by atoms with Gasteiger partial charge < -0.3 is 10.8 Å².